The summed E-state index contributed by atoms with van der Waals surface area (Å²) in [6.45, 7) is -0.613. The fourth-order valence-electron chi connectivity index (χ4n) is 1.97. The predicted molar refractivity (Wildman–Crippen MR) is 79.2 cm³/mol. The Balaban J connectivity index is 2.53. The van der Waals surface area contributed by atoms with E-state index in [1.807, 2.05) is 0 Å². The zero-order chi connectivity index (χ0) is 16.2. The molecule has 0 aliphatic rings. The lowest BCUT2D eigenvalue weighted by atomic mass is 10.2. The summed E-state index contributed by atoms with van der Waals surface area (Å²) in [4.78, 5) is -0.538. The van der Waals surface area contributed by atoms with Crippen molar-refractivity contribution in [2.75, 3.05) is 17.5 Å². The molecule has 0 fully saturated rings. The van der Waals surface area contributed by atoms with Crippen LogP contribution in [0, 0.1) is 17.1 Å². The van der Waals surface area contributed by atoms with Gasteiger partial charge in [-0.25, -0.2) is 12.8 Å². The summed E-state index contributed by atoms with van der Waals surface area (Å²) in [6.07, 6.45) is 0. The number of hydrogen-bond acceptors (Lipinski definition) is 4. The largest absolute Gasteiger partial charge is 0.394 e. The minimum absolute atomic E-state index is 0.0323. The maximum absolute atomic E-state index is 14.0. The molecule has 0 saturated carbocycles. The van der Waals surface area contributed by atoms with Gasteiger partial charge < -0.3 is 5.11 Å². The van der Waals surface area contributed by atoms with Crippen LogP contribution in [0.3, 0.4) is 0 Å². The smallest absolute Gasteiger partial charge is 0.267 e. The van der Waals surface area contributed by atoms with Gasteiger partial charge in [-0.05, 0) is 30.3 Å². The number of rotatable bonds is 5. The van der Waals surface area contributed by atoms with E-state index in [9.17, 15) is 12.8 Å². The molecule has 22 heavy (non-hydrogen) atoms. The molecule has 5 nitrogen and oxygen atoms in total. The van der Waals surface area contributed by atoms with E-state index in [-0.39, 0.29) is 12.1 Å². The van der Waals surface area contributed by atoms with Crippen molar-refractivity contribution in [1.29, 1.82) is 5.26 Å². The Morgan fingerprint density at radius 3 is 2.41 bits per heavy atom. The zero-order valence-electron chi connectivity index (χ0n) is 11.5. The highest BCUT2D eigenvalue weighted by Crippen LogP contribution is 2.25. The topological polar surface area (TPSA) is 81.4 Å². The third-order valence-electron chi connectivity index (χ3n) is 2.98. The zero-order valence-corrected chi connectivity index (χ0v) is 12.3. The number of aliphatic hydroxyl groups is 1. The number of sulfonamides is 1. The van der Waals surface area contributed by atoms with Crippen molar-refractivity contribution in [2.45, 2.75) is 4.90 Å². The molecule has 0 atom stereocenters. The van der Waals surface area contributed by atoms with Gasteiger partial charge in [0, 0.05) is 0 Å². The third kappa shape index (κ3) is 3.08. The Bertz CT molecular complexity index is 801. The average Bonchev–Trinajstić information content (AvgIpc) is 2.52. The number of nitrogens with zero attached hydrogens (tertiary/aromatic N) is 2. The van der Waals surface area contributed by atoms with Gasteiger partial charge in [-0.15, -0.1) is 0 Å². The minimum atomic E-state index is -4.18. The highest BCUT2D eigenvalue weighted by atomic mass is 32.2. The van der Waals surface area contributed by atoms with Crippen molar-refractivity contribution in [1.82, 2.24) is 0 Å². The average molecular weight is 320 g/mol. The number of nitriles is 1. The number of aliphatic hydroxyl groups excluding tert-OH is 1. The van der Waals surface area contributed by atoms with Gasteiger partial charge in [-0.3, -0.25) is 4.31 Å². The van der Waals surface area contributed by atoms with Crippen LogP contribution in [0.15, 0.2) is 53.4 Å². The summed E-state index contributed by atoms with van der Waals surface area (Å²) >= 11 is 0. The fraction of sp³-hybridized carbons (Fsp3) is 0.133. The van der Waals surface area contributed by atoms with Gasteiger partial charge in [0.1, 0.15) is 10.7 Å². The van der Waals surface area contributed by atoms with Gasteiger partial charge in [0.2, 0.25) is 0 Å². The molecule has 1 N–H and O–H groups in total. The van der Waals surface area contributed by atoms with Crippen molar-refractivity contribution in [3.05, 3.63) is 59.9 Å². The van der Waals surface area contributed by atoms with Gasteiger partial charge in [0.25, 0.3) is 10.0 Å². The maximum atomic E-state index is 14.0. The van der Waals surface area contributed by atoms with E-state index in [2.05, 4.69) is 0 Å². The molecule has 0 spiro atoms. The molecule has 114 valence electrons. The standard InChI is InChI=1S/C15H13FN2O3S/c16-14-10-12(11-17)6-7-15(14)22(20,21)18(8-9-19)13-4-2-1-3-5-13/h1-7,10,19H,8-9H2. The van der Waals surface area contributed by atoms with Crippen LogP contribution < -0.4 is 4.31 Å². The molecule has 0 unspecified atom stereocenters. The third-order valence-corrected chi connectivity index (χ3v) is 4.84. The number of hydrogen-bond donors (Lipinski definition) is 1. The van der Waals surface area contributed by atoms with Crippen molar-refractivity contribution in [3.63, 3.8) is 0 Å². The van der Waals surface area contributed by atoms with Crippen molar-refractivity contribution in [2.24, 2.45) is 0 Å². The Labute approximate surface area is 127 Å². The highest BCUT2D eigenvalue weighted by molar-refractivity contribution is 7.92. The quantitative estimate of drug-likeness (QED) is 0.912. The van der Waals surface area contributed by atoms with Crippen molar-refractivity contribution >= 4 is 15.7 Å². The van der Waals surface area contributed by atoms with E-state index in [1.165, 1.54) is 6.07 Å². The molecule has 2 aromatic rings. The molecule has 0 heterocycles. The van der Waals surface area contributed by atoms with E-state index >= 15 is 0 Å². The fourth-order valence-corrected chi connectivity index (χ4v) is 3.48. The summed E-state index contributed by atoms with van der Waals surface area (Å²) in [5, 5.41) is 17.8. The summed E-state index contributed by atoms with van der Waals surface area (Å²) < 4.78 is 40.2. The molecule has 0 saturated heterocycles. The molecular weight excluding hydrogens is 307 g/mol. The Morgan fingerprint density at radius 2 is 1.86 bits per heavy atom. The lowest BCUT2D eigenvalue weighted by molar-refractivity contribution is 0.306. The van der Waals surface area contributed by atoms with Gasteiger partial charge in [0.15, 0.2) is 0 Å². The van der Waals surface area contributed by atoms with E-state index in [4.69, 9.17) is 10.4 Å². The van der Waals surface area contributed by atoms with Crippen LogP contribution in [-0.4, -0.2) is 26.7 Å². The maximum Gasteiger partial charge on any atom is 0.267 e. The van der Waals surface area contributed by atoms with Crippen LogP contribution in [0.2, 0.25) is 0 Å². The van der Waals surface area contributed by atoms with E-state index in [0.717, 1.165) is 16.4 Å². The lowest BCUT2D eigenvalue weighted by Crippen LogP contribution is -2.34. The first kappa shape index (κ1) is 15.9. The van der Waals surface area contributed by atoms with Gasteiger partial charge >= 0.3 is 0 Å². The minimum Gasteiger partial charge on any atom is -0.394 e. The van der Waals surface area contributed by atoms with Crippen molar-refractivity contribution in [3.8, 4) is 6.07 Å². The Morgan fingerprint density at radius 1 is 1.18 bits per heavy atom. The SMILES string of the molecule is N#Cc1ccc(S(=O)(=O)N(CCO)c2ccccc2)c(F)c1. The number of benzene rings is 2. The highest BCUT2D eigenvalue weighted by Gasteiger charge is 2.27. The molecule has 2 aromatic carbocycles. The summed E-state index contributed by atoms with van der Waals surface area (Å²) in [6, 6.07) is 13.0. The van der Waals surface area contributed by atoms with Gasteiger partial charge in [-0.1, -0.05) is 18.2 Å². The molecule has 0 aromatic heterocycles. The van der Waals surface area contributed by atoms with Crippen molar-refractivity contribution < 1.29 is 17.9 Å². The Kier molecular flexibility index (Phi) is 4.75. The predicted octanol–water partition coefficient (Wildman–Crippen LogP) is 1.88. The Hall–Kier alpha value is -2.43. The number of halogens is 1. The van der Waals surface area contributed by atoms with Gasteiger partial charge in [-0.2, -0.15) is 5.26 Å². The molecular formula is C15H13FN2O3S. The lowest BCUT2D eigenvalue weighted by Gasteiger charge is -2.23. The van der Waals surface area contributed by atoms with Crippen LogP contribution in [0.4, 0.5) is 10.1 Å². The molecule has 0 amide bonds. The van der Waals surface area contributed by atoms with Gasteiger partial charge in [0.05, 0.1) is 30.5 Å². The van der Waals surface area contributed by atoms with Crippen LogP contribution in [0.25, 0.3) is 0 Å². The molecule has 2 rings (SSSR count). The molecule has 0 bridgehead atoms. The van der Waals surface area contributed by atoms with E-state index in [0.29, 0.717) is 5.69 Å². The van der Waals surface area contributed by atoms with E-state index < -0.39 is 27.3 Å². The summed E-state index contributed by atoms with van der Waals surface area (Å²) in [5.41, 5.74) is 0.352. The normalized spacial score (nSPS) is 11.0. The van der Waals surface area contributed by atoms with Crippen LogP contribution in [-0.2, 0) is 10.0 Å². The second kappa shape index (κ2) is 6.56. The van der Waals surface area contributed by atoms with E-state index in [1.54, 1.807) is 36.4 Å². The second-order valence-corrected chi connectivity index (χ2v) is 6.22. The van der Waals surface area contributed by atoms with Crippen LogP contribution in [0.5, 0.6) is 0 Å². The molecule has 0 aliphatic carbocycles. The first-order valence-electron chi connectivity index (χ1n) is 6.39. The second-order valence-electron chi connectivity index (χ2n) is 4.39. The summed E-state index contributed by atoms with van der Waals surface area (Å²) in [7, 11) is -4.18. The monoisotopic (exact) mass is 320 g/mol. The molecule has 7 heteroatoms. The van der Waals surface area contributed by atoms with Crippen LogP contribution in [0.1, 0.15) is 5.56 Å². The molecule has 0 aliphatic heterocycles. The number of anilines is 1. The van der Waals surface area contributed by atoms with Crippen LogP contribution >= 0.6 is 0 Å². The summed E-state index contributed by atoms with van der Waals surface area (Å²) in [5.74, 6) is -1.00. The number of para-hydroxylation sites is 1. The molecule has 0 radical (unpaired) electrons. The first-order valence-corrected chi connectivity index (χ1v) is 7.83. The first-order chi connectivity index (χ1) is 10.5.